The topological polar surface area (TPSA) is 24.8 Å². The quantitative estimate of drug-likeness (QED) is 0.501. The van der Waals surface area contributed by atoms with Crippen molar-refractivity contribution in [1.29, 1.82) is 0 Å². The predicted molar refractivity (Wildman–Crippen MR) is 53.0 cm³/mol. The summed E-state index contributed by atoms with van der Waals surface area (Å²) in [5.41, 5.74) is 0. The van der Waals surface area contributed by atoms with Crippen LogP contribution in [-0.4, -0.2) is 36.8 Å². The number of halogens is 1. The lowest BCUT2D eigenvalue weighted by Crippen LogP contribution is -2.49. The summed E-state index contributed by atoms with van der Waals surface area (Å²) in [6.07, 6.45) is 2.53. The van der Waals surface area contributed by atoms with E-state index in [2.05, 4.69) is 10.1 Å². The van der Waals surface area contributed by atoms with Crippen molar-refractivity contribution in [2.24, 2.45) is 17.0 Å². The van der Waals surface area contributed by atoms with Crippen molar-refractivity contribution >= 4 is 16.8 Å². The van der Waals surface area contributed by atoms with E-state index in [1.54, 1.807) is 7.11 Å². The highest BCUT2D eigenvalue weighted by Crippen LogP contribution is 2.33. The molecule has 1 atom stereocenters. The second-order valence-corrected chi connectivity index (χ2v) is 4.23. The van der Waals surface area contributed by atoms with E-state index >= 15 is 0 Å². The number of rotatable bonds is 2. The number of fused-ring (bicyclic) bond motifs is 3. The van der Waals surface area contributed by atoms with E-state index in [0.717, 1.165) is 12.5 Å². The van der Waals surface area contributed by atoms with E-state index < -0.39 is 0 Å². The maximum Gasteiger partial charge on any atom is 0.150 e. The normalized spacial score (nSPS) is 39.2. The molecule has 3 saturated heterocycles. The van der Waals surface area contributed by atoms with E-state index in [1.165, 1.54) is 25.9 Å². The summed E-state index contributed by atoms with van der Waals surface area (Å²) >= 11 is 6.05. The van der Waals surface area contributed by atoms with Gasteiger partial charge in [0.1, 0.15) is 12.3 Å². The van der Waals surface area contributed by atoms with E-state index in [4.69, 9.17) is 16.4 Å². The first-order chi connectivity index (χ1) is 6.31. The van der Waals surface area contributed by atoms with Crippen LogP contribution in [-0.2, 0) is 4.84 Å². The minimum atomic E-state index is 0.420. The Morgan fingerprint density at radius 2 is 2.15 bits per heavy atom. The maximum atomic E-state index is 6.05. The highest BCUT2D eigenvalue weighted by atomic mass is 35.5. The van der Waals surface area contributed by atoms with Crippen molar-refractivity contribution < 1.29 is 4.84 Å². The average molecular weight is 203 g/mol. The second kappa shape index (κ2) is 3.84. The molecule has 3 heterocycles. The zero-order valence-corrected chi connectivity index (χ0v) is 8.63. The molecule has 0 aromatic carbocycles. The monoisotopic (exact) mass is 202 g/mol. The van der Waals surface area contributed by atoms with E-state index in [-0.39, 0.29) is 0 Å². The van der Waals surface area contributed by atoms with Gasteiger partial charge in [-0.15, -0.1) is 0 Å². The third-order valence-corrected chi connectivity index (χ3v) is 3.49. The van der Waals surface area contributed by atoms with Crippen molar-refractivity contribution in [3.63, 3.8) is 0 Å². The molecule has 0 spiro atoms. The molecule has 3 nitrogen and oxygen atoms in total. The fourth-order valence-corrected chi connectivity index (χ4v) is 2.71. The van der Waals surface area contributed by atoms with Crippen molar-refractivity contribution in [1.82, 2.24) is 4.90 Å². The Morgan fingerprint density at radius 1 is 1.46 bits per heavy atom. The molecular weight excluding hydrogens is 188 g/mol. The average Bonchev–Trinajstić information content (AvgIpc) is 2.20. The SMILES string of the molecule is CO/N=C(/Cl)C1CN2CCC1CC2. The van der Waals surface area contributed by atoms with Gasteiger partial charge in [0.2, 0.25) is 0 Å². The zero-order valence-electron chi connectivity index (χ0n) is 7.87. The Bertz CT molecular complexity index is 212. The van der Waals surface area contributed by atoms with Crippen LogP contribution < -0.4 is 0 Å². The minimum Gasteiger partial charge on any atom is -0.398 e. The van der Waals surface area contributed by atoms with Crippen LogP contribution in [0.1, 0.15) is 12.8 Å². The first-order valence-corrected chi connectivity index (χ1v) is 5.18. The van der Waals surface area contributed by atoms with Crippen LogP contribution >= 0.6 is 11.6 Å². The molecule has 3 rings (SSSR count). The molecule has 13 heavy (non-hydrogen) atoms. The first-order valence-electron chi connectivity index (χ1n) is 4.80. The molecule has 3 aliphatic heterocycles. The molecule has 2 bridgehead atoms. The fraction of sp³-hybridized carbons (Fsp3) is 0.889. The van der Waals surface area contributed by atoms with Crippen LogP contribution in [0.15, 0.2) is 5.16 Å². The number of hydrogen-bond acceptors (Lipinski definition) is 3. The van der Waals surface area contributed by atoms with Gasteiger partial charge >= 0.3 is 0 Å². The molecule has 74 valence electrons. The van der Waals surface area contributed by atoms with Crippen molar-refractivity contribution in [2.45, 2.75) is 12.8 Å². The van der Waals surface area contributed by atoms with Crippen LogP contribution in [0.5, 0.6) is 0 Å². The molecule has 0 aromatic rings. The summed E-state index contributed by atoms with van der Waals surface area (Å²) < 4.78 is 0. The highest BCUT2D eigenvalue weighted by molar-refractivity contribution is 6.65. The first kappa shape index (κ1) is 9.28. The van der Waals surface area contributed by atoms with Gasteiger partial charge in [0, 0.05) is 12.5 Å². The number of nitrogens with zero attached hydrogens (tertiary/aromatic N) is 2. The van der Waals surface area contributed by atoms with E-state index in [1.807, 2.05) is 0 Å². The lowest BCUT2D eigenvalue weighted by Gasteiger charge is -2.43. The Hall–Kier alpha value is -0.280. The molecular formula is C9H15ClN2O. The van der Waals surface area contributed by atoms with Gasteiger partial charge in [0.15, 0.2) is 0 Å². The van der Waals surface area contributed by atoms with Crippen LogP contribution in [0.2, 0.25) is 0 Å². The van der Waals surface area contributed by atoms with E-state index in [9.17, 15) is 0 Å². The summed E-state index contributed by atoms with van der Waals surface area (Å²) in [4.78, 5) is 7.16. The summed E-state index contributed by atoms with van der Waals surface area (Å²) in [6.45, 7) is 3.53. The van der Waals surface area contributed by atoms with Gasteiger partial charge in [-0.2, -0.15) is 0 Å². The van der Waals surface area contributed by atoms with Gasteiger partial charge in [-0.1, -0.05) is 16.8 Å². The third-order valence-electron chi connectivity index (χ3n) is 3.14. The van der Waals surface area contributed by atoms with Gasteiger partial charge in [-0.3, -0.25) is 0 Å². The minimum absolute atomic E-state index is 0.420. The number of oxime groups is 1. The van der Waals surface area contributed by atoms with Gasteiger partial charge in [-0.25, -0.2) is 0 Å². The van der Waals surface area contributed by atoms with Gasteiger partial charge < -0.3 is 9.74 Å². The Labute approximate surface area is 83.7 Å². The molecule has 4 heteroatoms. The summed E-state index contributed by atoms with van der Waals surface area (Å²) in [7, 11) is 1.55. The molecule has 1 unspecified atom stereocenters. The lowest BCUT2D eigenvalue weighted by atomic mass is 9.80. The van der Waals surface area contributed by atoms with Crippen molar-refractivity contribution in [3.05, 3.63) is 0 Å². The largest absolute Gasteiger partial charge is 0.398 e. The van der Waals surface area contributed by atoms with Gasteiger partial charge in [0.05, 0.1) is 0 Å². The highest BCUT2D eigenvalue weighted by Gasteiger charge is 2.36. The smallest absolute Gasteiger partial charge is 0.150 e. The van der Waals surface area contributed by atoms with E-state index in [0.29, 0.717) is 11.1 Å². The zero-order chi connectivity index (χ0) is 9.26. The lowest BCUT2D eigenvalue weighted by molar-refractivity contribution is 0.0807. The Kier molecular flexibility index (Phi) is 2.74. The van der Waals surface area contributed by atoms with Crippen LogP contribution in [0.3, 0.4) is 0 Å². The molecule has 0 saturated carbocycles. The van der Waals surface area contributed by atoms with Crippen LogP contribution in [0.25, 0.3) is 0 Å². The van der Waals surface area contributed by atoms with Crippen molar-refractivity contribution in [3.8, 4) is 0 Å². The van der Waals surface area contributed by atoms with Gasteiger partial charge in [-0.05, 0) is 31.8 Å². The third kappa shape index (κ3) is 1.81. The van der Waals surface area contributed by atoms with Crippen molar-refractivity contribution in [2.75, 3.05) is 26.7 Å². The van der Waals surface area contributed by atoms with Crippen LogP contribution in [0, 0.1) is 11.8 Å². The maximum absolute atomic E-state index is 6.05. The predicted octanol–water partition coefficient (Wildman–Crippen LogP) is 1.53. The van der Waals surface area contributed by atoms with Crippen LogP contribution in [0.4, 0.5) is 0 Å². The second-order valence-electron chi connectivity index (χ2n) is 3.84. The molecule has 0 N–H and O–H groups in total. The molecule has 0 aliphatic carbocycles. The summed E-state index contributed by atoms with van der Waals surface area (Å²) in [6, 6.07) is 0. The number of piperidine rings is 3. The molecule has 0 amide bonds. The molecule has 3 aliphatic rings. The van der Waals surface area contributed by atoms with Gasteiger partial charge in [0.25, 0.3) is 0 Å². The Morgan fingerprint density at radius 3 is 2.62 bits per heavy atom. The number of hydrogen-bond donors (Lipinski definition) is 0. The standard InChI is InChI=1S/C9H15ClN2O/c1-13-11-9(10)8-6-12-4-2-7(8)3-5-12/h7-8H,2-6H2,1H3/b11-9+. The molecule has 0 aromatic heterocycles. The molecule has 3 fully saturated rings. The summed E-state index contributed by atoms with van der Waals surface area (Å²) in [5, 5.41) is 4.47. The summed E-state index contributed by atoms with van der Waals surface area (Å²) in [5.74, 6) is 1.15. The Balaban J connectivity index is 2.04. The fourth-order valence-electron chi connectivity index (χ4n) is 2.39. The molecule has 0 radical (unpaired) electrons.